The SMILES string of the molecule is CC(CCC(=O)O)NC(=O)c1ccc(F)cn1. The Bertz CT molecular complexity index is 406. The summed E-state index contributed by atoms with van der Waals surface area (Å²) >= 11 is 0. The fourth-order valence-corrected chi connectivity index (χ4v) is 1.22. The van der Waals surface area contributed by atoms with Gasteiger partial charge in [0.15, 0.2) is 0 Å². The Labute approximate surface area is 97.7 Å². The Hall–Kier alpha value is -1.98. The van der Waals surface area contributed by atoms with Gasteiger partial charge in [0, 0.05) is 12.5 Å². The van der Waals surface area contributed by atoms with Crippen molar-refractivity contribution in [2.45, 2.75) is 25.8 Å². The van der Waals surface area contributed by atoms with Gasteiger partial charge in [0.2, 0.25) is 0 Å². The summed E-state index contributed by atoms with van der Waals surface area (Å²) in [6.07, 6.45) is 1.28. The molecule has 17 heavy (non-hydrogen) atoms. The molecular formula is C11H13FN2O3. The number of carboxylic acid groups (broad SMARTS) is 1. The molecule has 0 saturated carbocycles. The van der Waals surface area contributed by atoms with Crippen molar-refractivity contribution in [2.75, 3.05) is 0 Å². The van der Waals surface area contributed by atoms with Crippen LogP contribution in [0.2, 0.25) is 0 Å². The monoisotopic (exact) mass is 240 g/mol. The molecule has 0 radical (unpaired) electrons. The van der Waals surface area contributed by atoms with E-state index in [4.69, 9.17) is 5.11 Å². The van der Waals surface area contributed by atoms with Gasteiger partial charge in [-0.3, -0.25) is 9.59 Å². The number of rotatable bonds is 5. The smallest absolute Gasteiger partial charge is 0.303 e. The molecule has 0 aliphatic heterocycles. The van der Waals surface area contributed by atoms with Crippen LogP contribution in [0.25, 0.3) is 0 Å². The van der Waals surface area contributed by atoms with Gasteiger partial charge in [0.05, 0.1) is 6.20 Å². The first-order chi connectivity index (χ1) is 7.99. The molecular weight excluding hydrogens is 227 g/mol. The summed E-state index contributed by atoms with van der Waals surface area (Å²) in [5.74, 6) is -1.87. The molecule has 0 aromatic carbocycles. The fraction of sp³-hybridized carbons (Fsp3) is 0.364. The third-order valence-corrected chi connectivity index (χ3v) is 2.13. The number of aliphatic carboxylic acids is 1. The minimum atomic E-state index is -0.911. The van der Waals surface area contributed by atoms with Crippen molar-refractivity contribution in [3.63, 3.8) is 0 Å². The number of hydrogen-bond donors (Lipinski definition) is 2. The van der Waals surface area contributed by atoms with Gasteiger partial charge < -0.3 is 10.4 Å². The fourth-order valence-electron chi connectivity index (χ4n) is 1.22. The number of amides is 1. The lowest BCUT2D eigenvalue weighted by Crippen LogP contribution is -2.33. The zero-order valence-electron chi connectivity index (χ0n) is 9.31. The molecule has 1 aromatic heterocycles. The minimum absolute atomic E-state index is 0.0156. The lowest BCUT2D eigenvalue weighted by molar-refractivity contribution is -0.137. The van der Waals surface area contributed by atoms with E-state index in [1.807, 2.05) is 0 Å². The van der Waals surface area contributed by atoms with E-state index in [2.05, 4.69) is 10.3 Å². The van der Waals surface area contributed by atoms with E-state index in [0.717, 1.165) is 12.3 Å². The Morgan fingerprint density at radius 3 is 2.76 bits per heavy atom. The average Bonchev–Trinajstić information content (AvgIpc) is 2.27. The Kier molecular flexibility index (Phi) is 4.56. The number of aromatic nitrogens is 1. The lowest BCUT2D eigenvalue weighted by atomic mass is 10.2. The van der Waals surface area contributed by atoms with Crippen molar-refractivity contribution in [3.05, 3.63) is 29.8 Å². The van der Waals surface area contributed by atoms with Crippen LogP contribution in [0.1, 0.15) is 30.3 Å². The van der Waals surface area contributed by atoms with Crippen molar-refractivity contribution < 1.29 is 19.1 Å². The predicted molar refractivity (Wildman–Crippen MR) is 58.0 cm³/mol. The molecule has 1 unspecified atom stereocenters. The van der Waals surface area contributed by atoms with Gasteiger partial charge in [0.25, 0.3) is 5.91 Å². The maximum absolute atomic E-state index is 12.6. The molecule has 0 saturated heterocycles. The van der Waals surface area contributed by atoms with Crippen molar-refractivity contribution in [2.24, 2.45) is 0 Å². The first-order valence-electron chi connectivity index (χ1n) is 5.13. The summed E-state index contributed by atoms with van der Waals surface area (Å²) in [6.45, 7) is 1.70. The van der Waals surface area contributed by atoms with Crippen LogP contribution in [0.3, 0.4) is 0 Å². The van der Waals surface area contributed by atoms with Gasteiger partial charge in [-0.15, -0.1) is 0 Å². The summed E-state index contributed by atoms with van der Waals surface area (Å²) in [5.41, 5.74) is 0.105. The van der Waals surface area contributed by atoms with E-state index in [-0.39, 0.29) is 18.2 Å². The number of nitrogens with zero attached hydrogens (tertiary/aromatic N) is 1. The number of pyridine rings is 1. The van der Waals surface area contributed by atoms with Crippen LogP contribution in [0.15, 0.2) is 18.3 Å². The first-order valence-corrected chi connectivity index (χ1v) is 5.13. The topological polar surface area (TPSA) is 79.3 Å². The van der Waals surface area contributed by atoms with E-state index < -0.39 is 17.7 Å². The summed E-state index contributed by atoms with van der Waals surface area (Å²) in [7, 11) is 0. The quantitative estimate of drug-likeness (QED) is 0.810. The summed E-state index contributed by atoms with van der Waals surface area (Å²) in [4.78, 5) is 25.5. The van der Waals surface area contributed by atoms with Crippen molar-refractivity contribution in [3.8, 4) is 0 Å². The average molecular weight is 240 g/mol. The second-order valence-electron chi connectivity index (χ2n) is 3.67. The highest BCUT2D eigenvalue weighted by Gasteiger charge is 2.11. The van der Waals surface area contributed by atoms with Gasteiger partial charge in [-0.2, -0.15) is 0 Å². The van der Waals surface area contributed by atoms with Gasteiger partial charge >= 0.3 is 5.97 Å². The number of carbonyl (C=O) groups excluding carboxylic acids is 1. The Balaban J connectivity index is 2.48. The third-order valence-electron chi connectivity index (χ3n) is 2.13. The lowest BCUT2D eigenvalue weighted by Gasteiger charge is -2.11. The first kappa shape index (κ1) is 13.1. The van der Waals surface area contributed by atoms with Crippen LogP contribution in [0.4, 0.5) is 4.39 Å². The number of carbonyl (C=O) groups is 2. The highest BCUT2D eigenvalue weighted by atomic mass is 19.1. The summed E-state index contributed by atoms with van der Waals surface area (Å²) in [6, 6.07) is 2.14. The summed E-state index contributed by atoms with van der Waals surface area (Å²) in [5, 5.41) is 11.1. The molecule has 92 valence electrons. The molecule has 0 spiro atoms. The van der Waals surface area contributed by atoms with Gasteiger partial charge in [0.1, 0.15) is 11.5 Å². The van der Waals surface area contributed by atoms with E-state index in [1.165, 1.54) is 6.07 Å². The van der Waals surface area contributed by atoms with Crippen molar-refractivity contribution >= 4 is 11.9 Å². The van der Waals surface area contributed by atoms with Crippen LogP contribution in [0.5, 0.6) is 0 Å². The molecule has 0 aliphatic rings. The van der Waals surface area contributed by atoms with E-state index in [1.54, 1.807) is 6.92 Å². The molecule has 6 heteroatoms. The zero-order chi connectivity index (χ0) is 12.8. The van der Waals surface area contributed by atoms with Crippen LogP contribution in [-0.4, -0.2) is 28.0 Å². The highest BCUT2D eigenvalue weighted by Crippen LogP contribution is 2.01. The highest BCUT2D eigenvalue weighted by molar-refractivity contribution is 5.92. The van der Waals surface area contributed by atoms with E-state index in [0.29, 0.717) is 6.42 Å². The van der Waals surface area contributed by atoms with E-state index in [9.17, 15) is 14.0 Å². The summed E-state index contributed by atoms with van der Waals surface area (Å²) < 4.78 is 12.6. The normalized spacial score (nSPS) is 11.9. The molecule has 1 rings (SSSR count). The molecule has 1 heterocycles. The molecule has 0 fully saturated rings. The standard InChI is InChI=1S/C11H13FN2O3/c1-7(2-5-10(15)16)14-11(17)9-4-3-8(12)6-13-9/h3-4,6-7H,2,5H2,1H3,(H,14,17)(H,15,16). The number of hydrogen-bond acceptors (Lipinski definition) is 3. The number of halogens is 1. The second kappa shape index (κ2) is 5.93. The maximum atomic E-state index is 12.6. The molecule has 1 atom stereocenters. The minimum Gasteiger partial charge on any atom is -0.481 e. The number of carboxylic acids is 1. The van der Waals surface area contributed by atoms with Crippen molar-refractivity contribution in [1.29, 1.82) is 0 Å². The Morgan fingerprint density at radius 2 is 2.24 bits per heavy atom. The third kappa shape index (κ3) is 4.58. The van der Waals surface area contributed by atoms with E-state index >= 15 is 0 Å². The largest absolute Gasteiger partial charge is 0.481 e. The predicted octanol–water partition coefficient (Wildman–Crippen LogP) is 1.20. The molecule has 0 bridgehead atoms. The van der Waals surface area contributed by atoms with Gasteiger partial charge in [-0.05, 0) is 25.5 Å². The molecule has 1 amide bonds. The molecule has 1 aromatic rings. The van der Waals surface area contributed by atoms with Crippen LogP contribution in [-0.2, 0) is 4.79 Å². The zero-order valence-corrected chi connectivity index (χ0v) is 9.31. The molecule has 2 N–H and O–H groups in total. The van der Waals surface area contributed by atoms with Gasteiger partial charge in [-0.1, -0.05) is 0 Å². The Morgan fingerprint density at radius 1 is 1.53 bits per heavy atom. The van der Waals surface area contributed by atoms with Crippen LogP contribution >= 0.6 is 0 Å². The maximum Gasteiger partial charge on any atom is 0.303 e. The van der Waals surface area contributed by atoms with Crippen LogP contribution in [0, 0.1) is 5.82 Å². The van der Waals surface area contributed by atoms with Crippen LogP contribution < -0.4 is 5.32 Å². The second-order valence-corrected chi connectivity index (χ2v) is 3.67. The number of nitrogens with one attached hydrogen (secondary N) is 1. The molecule has 0 aliphatic carbocycles. The van der Waals surface area contributed by atoms with Gasteiger partial charge in [-0.25, -0.2) is 9.37 Å². The van der Waals surface area contributed by atoms with Crippen molar-refractivity contribution in [1.82, 2.24) is 10.3 Å². The molecule has 5 nitrogen and oxygen atoms in total.